The van der Waals surface area contributed by atoms with E-state index < -0.39 is 14.9 Å². The normalized spacial score (nSPS) is 20.4. The van der Waals surface area contributed by atoms with Crippen molar-refractivity contribution >= 4 is 21.4 Å². The molecule has 110 valence electrons. The van der Waals surface area contributed by atoms with Gasteiger partial charge in [0.15, 0.2) is 0 Å². The Labute approximate surface area is 117 Å². The van der Waals surface area contributed by atoms with Crippen molar-refractivity contribution in [2.75, 3.05) is 12.4 Å². The third-order valence-electron chi connectivity index (χ3n) is 3.54. The van der Waals surface area contributed by atoms with Gasteiger partial charge >= 0.3 is 0 Å². The van der Waals surface area contributed by atoms with E-state index in [2.05, 4.69) is 10.0 Å². The summed E-state index contributed by atoms with van der Waals surface area (Å²) in [5.41, 5.74) is 0.0263. The van der Waals surface area contributed by atoms with Crippen molar-refractivity contribution in [1.29, 1.82) is 0 Å². The Balaban J connectivity index is 2.34. The van der Waals surface area contributed by atoms with Gasteiger partial charge in [-0.05, 0) is 17.9 Å². The van der Waals surface area contributed by atoms with Crippen LogP contribution in [0.3, 0.4) is 0 Å². The van der Waals surface area contributed by atoms with E-state index in [1.165, 1.54) is 25.2 Å². The number of benzene rings is 1. The van der Waals surface area contributed by atoms with Gasteiger partial charge in [-0.2, -0.15) is 0 Å². The first-order chi connectivity index (χ1) is 9.17. The van der Waals surface area contributed by atoms with Crippen molar-refractivity contribution < 1.29 is 13.3 Å². The van der Waals surface area contributed by atoms with Gasteiger partial charge < -0.3 is 5.32 Å². The number of rotatable bonds is 5. The smallest absolute Gasteiger partial charge is 0.271 e. The van der Waals surface area contributed by atoms with Crippen molar-refractivity contribution in [3.05, 3.63) is 28.3 Å². The van der Waals surface area contributed by atoms with Crippen LogP contribution in [0.15, 0.2) is 23.1 Å². The van der Waals surface area contributed by atoms with E-state index in [9.17, 15) is 18.5 Å². The van der Waals surface area contributed by atoms with Crippen LogP contribution in [0.5, 0.6) is 0 Å². The van der Waals surface area contributed by atoms with Crippen LogP contribution < -0.4 is 10.0 Å². The first-order valence-corrected chi connectivity index (χ1v) is 7.64. The van der Waals surface area contributed by atoms with E-state index in [0.717, 1.165) is 6.42 Å². The van der Waals surface area contributed by atoms with Crippen molar-refractivity contribution in [3.63, 3.8) is 0 Å². The summed E-state index contributed by atoms with van der Waals surface area (Å²) in [4.78, 5) is 10.2. The van der Waals surface area contributed by atoms with E-state index in [-0.39, 0.29) is 27.7 Å². The average molecular weight is 299 g/mol. The Morgan fingerprint density at radius 3 is 2.45 bits per heavy atom. The molecule has 7 nitrogen and oxygen atoms in total. The second-order valence-corrected chi connectivity index (χ2v) is 7.24. The highest BCUT2D eigenvalue weighted by atomic mass is 32.2. The molecule has 0 spiro atoms. The number of hydrogen-bond donors (Lipinski definition) is 2. The van der Waals surface area contributed by atoms with Gasteiger partial charge in [-0.3, -0.25) is 10.1 Å². The first kappa shape index (κ1) is 14.7. The molecule has 20 heavy (non-hydrogen) atoms. The molecule has 0 saturated heterocycles. The van der Waals surface area contributed by atoms with Gasteiger partial charge in [0.2, 0.25) is 10.0 Å². The summed E-state index contributed by atoms with van der Waals surface area (Å²) in [7, 11) is -2.16. The van der Waals surface area contributed by atoms with Crippen LogP contribution in [0.1, 0.15) is 20.3 Å². The molecule has 2 N–H and O–H groups in total. The molecule has 0 heterocycles. The second-order valence-electron chi connectivity index (χ2n) is 5.55. The molecule has 0 bridgehead atoms. The third kappa shape index (κ3) is 2.75. The van der Waals surface area contributed by atoms with Crippen molar-refractivity contribution in [3.8, 4) is 0 Å². The Hall–Kier alpha value is -1.67. The number of anilines is 1. The zero-order chi connectivity index (χ0) is 15.1. The number of nitro groups is 1. The summed E-state index contributed by atoms with van der Waals surface area (Å²) >= 11 is 0. The van der Waals surface area contributed by atoms with Crippen LogP contribution in [0.25, 0.3) is 0 Å². The van der Waals surface area contributed by atoms with Crippen molar-refractivity contribution in [2.45, 2.75) is 31.2 Å². The molecule has 0 radical (unpaired) electrons. The van der Waals surface area contributed by atoms with Gasteiger partial charge in [0.25, 0.3) is 5.69 Å². The number of non-ortho nitro benzene ring substituents is 1. The Kier molecular flexibility index (Phi) is 3.47. The Morgan fingerprint density at radius 2 is 2.00 bits per heavy atom. The average Bonchev–Trinajstić information content (AvgIpc) is 2.94. The zero-order valence-electron chi connectivity index (χ0n) is 11.5. The van der Waals surface area contributed by atoms with Gasteiger partial charge in [0.05, 0.1) is 10.6 Å². The fourth-order valence-electron chi connectivity index (χ4n) is 1.98. The van der Waals surface area contributed by atoms with Gasteiger partial charge in [-0.15, -0.1) is 0 Å². The highest BCUT2D eigenvalue weighted by Crippen LogP contribution is 2.45. The fraction of sp³-hybridized carbons (Fsp3) is 0.500. The molecule has 1 atom stereocenters. The third-order valence-corrected chi connectivity index (χ3v) is 5.07. The van der Waals surface area contributed by atoms with Crippen LogP contribution in [0.2, 0.25) is 0 Å². The molecule has 1 aliphatic rings. The van der Waals surface area contributed by atoms with E-state index in [1.54, 1.807) is 0 Å². The second kappa shape index (κ2) is 4.71. The maximum atomic E-state index is 12.3. The summed E-state index contributed by atoms with van der Waals surface area (Å²) < 4.78 is 27.2. The van der Waals surface area contributed by atoms with E-state index in [4.69, 9.17) is 0 Å². The van der Waals surface area contributed by atoms with Crippen LogP contribution in [0.4, 0.5) is 11.4 Å². The molecule has 2 rings (SSSR count). The molecule has 1 aromatic rings. The van der Waals surface area contributed by atoms with E-state index in [0.29, 0.717) is 0 Å². The molecule has 0 amide bonds. The molecular weight excluding hydrogens is 282 g/mol. The minimum Gasteiger partial charge on any atom is -0.387 e. The summed E-state index contributed by atoms with van der Waals surface area (Å²) in [6.45, 7) is 3.96. The molecular formula is C12H17N3O4S. The molecule has 1 unspecified atom stereocenters. The number of hydrogen-bond acceptors (Lipinski definition) is 5. The lowest BCUT2D eigenvalue weighted by Gasteiger charge is -2.12. The van der Waals surface area contributed by atoms with Gasteiger partial charge in [-0.25, -0.2) is 13.1 Å². The number of sulfonamides is 1. The maximum absolute atomic E-state index is 12.3. The maximum Gasteiger partial charge on any atom is 0.271 e. The van der Waals surface area contributed by atoms with Crippen LogP contribution in [-0.2, 0) is 10.0 Å². The molecule has 1 fully saturated rings. The summed E-state index contributed by atoms with van der Waals surface area (Å²) in [6.07, 6.45) is 0.786. The highest BCUT2D eigenvalue weighted by Gasteiger charge is 2.48. The number of nitro benzene ring substituents is 1. The lowest BCUT2D eigenvalue weighted by Crippen LogP contribution is -2.29. The Bertz CT molecular complexity index is 655. The quantitative estimate of drug-likeness (QED) is 0.636. The van der Waals surface area contributed by atoms with Crippen molar-refractivity contribution in [2.24, 2.45) is 5.41 Å². The Morgan fingerprint density at radius 1 is 1.40 bits per heavy atom. The predicted molar refractivity (Wildman–Crippen MR) is 75.2 cm³/mol. The molecule has 1 aliphatic carbocycles. The standard InChI is InChI=1S/C12H17N3O4S/c1-12(2)7-11(12)14-20(18,19)10-5-4-8(15(16)17)6-9(10)13-3/h4-6,11,13-14H,7H2,1-3H3. The SMILES string of the molecule is CNc1cc([N+](=O)[O-])ccc1S(=O)(=O)NC1CC1(C)C. The van der Waals surface area contributed by atoms with Gasteiger partial charge in [0, 0.05) is 25.2 Å². The molecule has 1 aromatic carbocycles. The topological polar surface area (TPSA) is 101 Å². The molecule has 1 saturated carbocycles. The minimum absolute atomic E-state index is 0.0216. The molecule has 0 aromatic heterocycles. The predicted octanol–water partition coefficient (Wildman–Crippen LogP) is 1.71. The van der Waals surface area contributed by atoms with Gasteiger partial charge in [-0.1, -0.05) is 13.8 Å². The fourth-order valence-corrected chi connectivity index (χ4v) is 3.58. The van der Waals surface area contributed by atoms with Crippen LogP contribution in [-0.4, -0.2) is 26.4 Å². The van der Waals surface area contributed by atoms with E-state index in [1.807, 2.05) is 13.8 Å². The lowest BCUT2D eigenvalue weighted by molar-refractivity contribution is -0.384. The number of nitrogens with zero attached hydrogens (tertiary/aromatic N) is 1. The van der Waals surface area contributed by atoms with Crippen molar-refractivity contribution in [1.82, 2.24) is 4.72 Å². The van der Waals surface area contributed by atoms with Crippen LogP contribution >= 0.6 is 0 Å². The van der Waals surface area contributed by atoms with E-state index >= 15 is 0 Å². The summed E-state index contributed by atoms with van der Waals surface area (Å²) in [5, 5.41) is 13.4. The van der Waals surface area contributed by atoms with Crippen LogP contribution in [0, 0.1) is 15.5 Å². The minimum atomic E-state index is -3.69. The monoisotopic (exact) mass is 299 g/mol. The molecule has 8 heteroatoms. The van der Waals surface area contributed by atoms with Gasteiger partial charge in [0.1, 0.15) is 4.90 Å². The number of nitrogens with one attached hydrogen (secondary N) is 2. The lowest BCUT2D eigenvalue weighted by atomic mass is 10.2. The first-order valence-electron chi connectivity index (χ1n) is 6.16. The highest BCUT2D eigenvalue weighted by molar-refractivity contribution is 7.89. The summed E-state index contributed by atoms with van der Waals surface area (Å²) in [5.74, 6) is 0. The largest absolute Gasteiger partial charge is 0.387 e. The summed E-state index contributed by atoms with van der Waals surface area (Å²) in [6, 6.07) is 3.56. The molecule has 0 aliphatic heterocycles. The zero-order valence-corrected chi connectivity index (χ0v) is 12.3.